The number of fused-ring (bicyclic) bond motifs is 1. The molecule has 1 atom stereocenters. The fourth-order valence-electron chi connectivity index (χ4n) is 1.65. The van der Waals surface area contributed by atoms with Crippen molar-refractivity contribution in [3.63, 3.8) is 0 Å². The minimum Gasteiger partial charge on any atom is -0.327 e. The Morgan fingerprint density at radius 3 is 3.00 bits per heavy atom. The molecule has 0 radical (unpaired) electrons. The zero-order valence-corrected chi connectivity index (χ0v) is 8.48. The molecule has 0 bridgehead atoms. The molecule has 74 valence electrons. The molecule has 0 saturated heterocycles. The predicted molar refractivity (Wildman–Crippen MR) is 59.4 cm³/mol. The molecule has 0 amide bonds. The summed E-state index contributed by atoms with van der Waals surface area (Å²) in [7, 11) is 0. The lowest BCUT2D eigenvalue weighted by Crippen LogP contribution is -2.21. The van der Waals surface area contributed by atoms with Gasteiger partial charge in [-0.3, -0.25) is 0 Å². The molecule has 2 heteroatoms. The highest BCUT2D eigenvalue weighted by Crippen LogP contribution is 2.10. The first kappa shape index (κ1) is 9.28. The average molecular weight is 188 g/mol. The van der Waals surface area contributed by atoms with Crippen LogP contribution in [0.3, 0.4) is 0 Å². The minimum atomic E-state index is 0.285. The molecule has 1 unspecified atom stereocenters. The van der Waals surface area contributed by atoms with Gasteiger partial charge in [-0.05, 0) is 42.7 Å². The first-order chi connectivity index (χ1) is 6.79. The Bertz CT molecular complexity index is 417. The van der Waals surface area contributed by atoms with Crippen LogP contribution in [0.4, 0.5) is 0 Å². The Balaban J connectivity index is 2.25. The quantitative estimate of drug-likeness (QED) is 0.786. The van der Waals surface area contributed by atoms with Gasteiger partial charge < -0.3 is 10.1 Å². The van der Waals surface area contributed by atoms with E-state index in [0.29, 0.717) is 0 Å². The van der Waals surface area contributed by atoms with E-state index >= 15 is 0 Å². The Kier molecular flexibility index (Phi) is 2.55. The summed E-state index contributed by atoms with van der Waals surface area (Å²) in [5.74, 6) is 0. The van der Waals surface area contributed by atoms with Crippen molar-refractivity contribution in [3.8, 4) is 0 Å². The summed E-state index contributed by atoms with van der Waals surface area (Å²) < 4.78 is 2.11. The van der Waals surface area contributed by atoms with E-state index in [4.69, 9.17) is 5.73 Å². The van der Waals surface area contributed by atoms with Gasteiger partial charge >= 0.3 is 0 Å². The van der Waals surface area contributed by atoms with Crippen molar-refractivity contribution < 1.29 is 0 Å². The molecule has 2 nitrogen and oxygen atoms in total. The van der Waals surface area contributed by atoms with Crippen molar-refractivity contribution in [1.82, 2.24) is 4.40 Å². The van der Waals surface area contributed by atoms with Gasteiger partial charge in [0, 0.05) is 24.0 Å². The first-order valence-corrected chi connectivity index (χ1v) is 5.11. The molecule has 0 aromatic carbocycles. The maximum absolute atomic E-state index is 5.92. The fourth-order valence-corrected chi connectivity index (χ4v) is 1.65. The summed E-state index contributed by atoms with van der Waals surface area (Å²) >= 11 is 0. The normalized spacial score (nSPS) is 13.3. The maximum Gasteiger partial charge on any atom is 0.0452 e. The van der Waals surface area contributed by atoms with Crippen molar-refractivity contribution in [1.29, 1.82) is 0 Å². The topological polar surface area (TPSA) is 30.4 Å². The van der Waals surface area contributed by atoms with Crippen molar-refractivity contribution in [2.75, 3.05) is 0 Å². The molecule has 2 rings (SSSR count). The second-order valence-corrected chi connectivity index (χ2v) is 3.75. The third kappa shape index (κ3) is 1.80. The van der Waals surface area contributed by atoms with E-state index in [2.05, 4.69) is 48.0 Å². The zero-order valence-electron chi connectivity index (χ0n) is 8.48. The van der Waals surface area contributed by atoms with Crippen LogP contribution in [0.5, 0.6) is 0 Å². The Morgan fingerprint density at radius 1 is 1.36 bits per heavy atom. The van der Waals surface area contributed by atoms with Crippen molar-refractivity contribution >= 4 is 5.52 Å². The zero-order chi connectivity index (χ0) is 9.97. The highest BCUT2D eigenvalue weighted by Gasteiger charge is 2.01. The highest BCUT2D eigenvalue weighted by atomic mass is 14.8. The van der Waals surface area contributed by atoms with Crippen LogP contribution < -0.4 is 5.73 Å². The molecule has 2 heterocycles. The van der Waals surface area contributed by atoms with Crippen LogP contribution in [0.1, 0.15) is 18.9 Å². The third-order valence-electron chi connectivity index (χ3n) is 2.62. The summed E-state index contributed by atoms with van der Waals surface area (Å²) in [6, 6.07) is 8.80. The number of hydrogen-bond acceptors (Lipinski definition) is 1. The van der Waals surface area contributed by atoms with Gasteiger partial charge in [0.05, 0.1) is 0 Å². The fraction of sp³-hybridized carbons (Fsp3) is 0.333. The molecule has 0 aliphatic heterocycles. The molecular weight excluding hydrogens is 172 g/mol. The van der Waals surface area contributed by atoms with Gasteiger partial charge in [0.1, 0.15) is 0 Å². The van der Waals surface area contributed by atoms with E-state index in [0.717, 1.165) is 12.8 Å². The molecule has 14 heavy (non-hydrogen) atoms. The van der Waals surface area contributed by atoms with Crippen LogP contribution >= 0.6 is 0 Å². The second-order valence-electron chi connectivity index (χ2n) is 3.75. The number of rotatable bonds is 3. The largest absolute Gasteiger partial charge is 0.327 e. The Morgan fingerprint density at radius 2 is 2.21 bits per heavy atom. The highest BCUT2D eigenvalue weighted by molar-refractivity contribution is 5.49. The lowest BCUT2D eigenvalue weighted by Gasteiger charge is -2.08. The van der Waals surface area contributed by atoms with Crippen molar-refractivity contribution in [2.24, 2.45) is 5.73 Å². The lowest BCUT2D eigenvalue weighted by molar-refractivity contribution is 0.646. The van der Waals surface area contributed by atoms with Crippen molar-refractivity contribution in [3.05, 3.63) is 42.2 Å². The maximum atomic E-state index is 5.92. The summed E-state index contributed by atoms with van der Waals surface area (Å²) in [5.41, 5.74) is 8.48. The van der Waals surface area contributed by atoms with Crippen LogP contribution in [-0.2, 0) is 6.42 Å². The van der Waals surface area contributed by atoms with E-state index in [-0.39, 0.29) is 6.04 Å². The molecule has 2 aromatic rings. The lowest BCUT2D eigenvalue weighted by atomic mass is 10.1. The van der Waals surface area contributed by atoms with Crippen LogP contribution in [0.15, 0.2) is 36.7 Å². The smallest absolute Gasteiger partial charge is 0.0452 e. The number of pyridine rings is 1. The van der Waals surface area contributed by atoms with E-state index in [1.165, 1.54) is 11.1 Å². The van der Waals surface area contributed by atoms with E-state index in [9.17, 15) is 0 Å². The molecular formula is C12H16N2. The average Bonchev–Trinajstić information content (AvgIpc) is 2.64. The van der Waals surface area contributed by atoms with Gasteiger partial charge in [0.2, 0.25) is 0 Å². The van der Waals surface area contributed by atoms with Gasteiger partial charge in [-0.15, -0.1) is 0 Å². The summed E-state index contributed by atoms with van der Waals surface area (Å²) in [5, 5.41) is 0. The molecule has 0 aliphatic carbocycles. The van der Waals surface area contributed by atoms with E-state index < -0.39 is 0 Å². The minimum absolute atomic E-state index is 0.285. The van der Waals surface area contributed by atoms with Gasteiger partial charge in [-0.2, -0.15) is 0 Å². The van der Waals surface area contributed by atoms with Crippen LogP contribution in [-0.4, -0.2) is 10.4 Å². The van der Waals surface area contributed by atoms with E-state index in [1.807, 2.05) is 0 Å². The molecule has 2 N–H and O–H groups in total. The van der Waals surface area contributed by atoms with Gasteiger partial charge in [0.25, 0.3) is 0 Å². The number of nitrogens with two attached hydrogens (primary N) is 1. The van der Waals surface area contributed by atoms with Gasteiger partial charge in [0.15, 0.2) is 0 Å². The van der Waals surface area contributed by atoms with Crippen LogP contribution in [0.25, 0.3) is 5.52 Å². The van der Waals surface area contributed by atoms with Crippen LogP contribution in [0.2, 0.25) is 0 Å². The standard InChI is InChI=1S/C12H16N2/c1-2-11(13)8-10-5-7-14-6-3-4-12(14)9-10/h3-7,9,11H,2,8,13H2,1H3. The third-order valence-corrected chi connectivity index (χ3v) is 2.62. The Labute approximate surface area is 84.3 Å². The Hall–Kier alpha value is -1.28. The summed E-state index contributed by atoms with van der Waals surface area (Å²) in [6.07, 6.45) is 6.15. The molecule has 0 aliphatic rings. The molecule has 2 aromatic heterocycles. The molecule has 0 saturated carbocycles. The van der Waals surface area contributed by atoms with Crippen molar-refractivity contribution in [2.45, 2.75) is 25.8 Å². The SMILES string of the molecule is CCC(N)Cc1ccn2cccc2c1. The van der Waals surface area contributed by atoms with Crippen LogP contribution in [0, 0.1) is 0 Å². The predicted octanol–water partition coefficient (Wildman–Crippen LogP) is 2.22. The number of hydrogen-bond donors (Lipinski definition) is 1. The summed E-state index contributed by atoms with van der Waals surface area (Å²) in [6.45, 7) is 2.13. The molecule has 0 spiro atoms. The van der Waals surface area contributed by atoms with Gasteiger partial charge in [-0.1, -0.05) is 6.92 Å². The number of nitrogens with zero attached hydrogens (tertiary/aromatic N) is 1. The van der Waals surface area contributed by atoms with E-state index in [1.54, 1.807) is 0 Å². The molecule has 0 fully saturated rings. The second kappa shape index (κ2) is 3.84. The summed E-state index contributed by atoms with van der Waals surface area (Å²) in [4.78, 5) is 0. The van der Waals surface area contributed by atoms with Gasteiger partial charge in [-0.25, -0.2) is 0 Å². The first-order valence-electron chi connectivity index (χ1n) is 5.11. The number of aromatic nitrogens is 1. The monoisotopic (exact) mass is 188 g/mol.